The summed E-state index contributed by atoms with van der Waals surface area (Å²) in [7, 11) is 0. The summed E-state index contributed by atoms with van der Waals surface area (Å²) in [4.78, 5) is 4.20. The molecule has 3 nitrogen and oxygen atoms in total. The molecule has 0 bridgehead atoms. The number of aromatic amines is 1. The highest BCUT2D eigenvalue weighted by Crippen LogP contribution is 2.18. The minimum Gasteiger partial charge on any atom is -0.275 e. The normalized spacial score (nSPS) is 10.7. The predicted octanol–water partition coefficient (Wildman–Crippen LogP) is 2.03. The predicted molar refractivity (Wildman–Crippen MR) is 46.3 cm³/mol. The van der Waals surface area contributed by atoms with E-state index in [1.54, 1.807) is 0 Å². The third-order valence-electron chi connectivity index (χ3n) is 1.49. The van der Waals surface area contributed by atoms with Crippen molar-refractivity contribution in [1.82, 2.24) is 15.2 Å². The summed E-state index contributed by atoms with van der Waals surface area (Å²) >= 11 is 3.29. The smallest absolute Gasteiger partial charge is 0.154 e. The van der Waals surface area contributed by atoms with Crippen LogP contribution in [0.15, 0.2) is 16.9 Å². The van der Waals surface area contributed by atoms with Crippen molar-refractivity contribution in [2.75, 3.05) is 0 Å². The van der Waals surface area contributed by atoms with Gasteiger partial charge in [0.2, 0.25) is 0 Å². The maximum absolute atomic E-state index is 4.20. The van der Waals surface area contributed by atoms with Crippen LogP contribution < -0.4 is 0 Å². The molecule has 0 atom stereocenters. The molecule has 0 aliphatic carbocycles. The molecule has 2 rings (SSSR count). The average molecular weight is 212 g/mol. The molecule has 0 radical (unpaired) electrons. The second kappa shape index (κ2) is 2.30. The number of hydrogen-bond acceptors (Lipinski definition) is 2. The lowest BCUT2D eigenvalue weighted by Gasteiger charge is -1.89. The van der Waals surface area contributed by atoms with Gasteiger partial charge in [0.25, 0.3) is 0 Å². The minimum absolute atomic E-state index is 0.771. The summed E-state index contributed by atoms with van der Waals surface area (Å²) < 4.78 is 0.771. The Labute approximate surface area is 72.0 Å². The van der Waals surface area contributed by atoms with Gasteiger partial charge in [0.05, 0.1) is 5.52 Å². The Morgan fingerprint density at radius 1 is 1.55 bits per heavy atom. The van der Waals surface area contributed by atoms with Crippen molar-refractivity contribution < 1.29 is 0 Å². The van der Waals surface area contributed by atoms with E-state index in [0.717, 1.165) is 21.2 Å². The number of aromatic nitrogens is 3. The van der Waals surface area contributed by atoms with Crippen molar-refractivity contribution in [1.29, 1.82) is 0 Å². The Kier molecular flexibility index (Phi) is 1.42. The third kappa shape index (κ3) is 1.03. The van der Waals surface area contributed by atoms with Gasteiger partial charge in [0.1, 0.15) is 5.52 Å². The Morgan fingerprint density at radius 2 is 2.36 bits per heavy atom. The van der Waals surface area contributed by atoms with Crippen LogP contribution in [0.1, 0.15) is 5.56 Å². The van der Waals surface area contributed by atoms with Gasteiger partial charge in [-0.1, -0.05) is 0 Å². The van der Waals surface area contributed by atoms with E-state index in [-0.39, 0.29) is 0 Å². The monoisotopic (exact) mass is 211 g/mol. The van der Waals surface area contributed by atoms with Crippen molar-refractivity contribution in [2.45, 2.75) is 6.92 Å². The van der Waals surface area contributed by atoms with Crippen LogP contribution in [-0.2, 0) is 0 Å². The zero-order chi connectivity index (χ0) is 7.84. The Balaban J connectivity index is 2.86. The van der Waals surface area contributed by atoms with Crippen molar-refractivity contribution >= 4 is 27.0 Å². The number of rotatable bonds is 0. The molecule has 0 unspecified atom stereocenters. The lowest BCUT2D eigenvalue weighted by molar-refractivity contribution is 1.09. The number of aryl methyl sites for hydroxylation is 1. The van der Waals surface area contributed by atoms with E-state index in [2.05, 4.69) is 31.1 Å². The lowest BCUT2D eigenvalue weighted by Crippen LogP contribution is -1.77. The molecule has 0 saturated heterocycles. The fourth-order valence-electron chi connectivity index (χ4n) is 0.981. The second-order valence-electron chi connectivity index (χ2n) is 2.42. The van der Waals surface area contributed by atoms with Crippen LogP contribution in [0.4, 0.5) is 0 Å². The highest BCUT2D eigenvalue weighted by atomic mass is 79.9. The number of fused-ring (bicyclic) bond motifs is 1. The topological polar surface area (TPSA) is 41.6 Å². The second-order valence-corrected chi connectivity index (χ2v) is 3.17. The van der Waals surface area contributed by atoms with E-state index < -0.39 is 0 Å². The molecule has 1 N–H and O–H groups in total. The molecule has 0 aliphatic heterocycles. The molecular formula is C7H6BrN3. The fraction of sp³-hybridized carbons (Fsp3) is 0.143. The zero-order valence-corrected chi connectivity index (χ0v) is 7.51. The minimum atomic E-state index is 0.771. The molecule has 0 aliphatic rings. The van der Waals surface area contributed by atoms with Crippen LogP contribution in [0, 0.1) is 6.92 Å². The number of nitrogens with zero attached hydrogens (tertiary/aromatic N) is 2. The van der Waals surface area contributed by atoms with Gasteiger partial charge >= 0.3 is 0 Å². The summed E-state index contributed by atoms with van der Waals surface area (Å²) in [6, 6.07) is 2.01. The Hall–Kier alpha value is -0.900. The van der Waals surface area contributed by atoms with Crippen LogP contribution in [0.2, 0.25) is 0 Å². The molecule has 2 heterocycles. The molecule has 56 valence electrons. The number of pyridine rings is 1. The summed E-state index contributed by atoms with van der Waals surface area (Å²) in [6.07, 6.45) is 1.82. The molecule has 11 heavy (non-hydrogen) atoms. The summed E-state index contributed by atoms with van der Waals surface area (Å²) in [5, 5.41) is 6.84. The van der Waals surface area contributed by atoms with Gasteiger partial charge in [0, 0.05) is 6.20 Å². The SMILES string of the molecule is Cc1cnc2c(Br)n[nH]c2c1. The van der Waals surface area contributed by atoms with Crippen molar-refractivity contribution in [3.05, 3.63) is 22.4 Å². The summed E-state index contributed by atoms with van der Waals surface area (Å²) in [5.41, 5.74) is 2.99. The largest absolute Gasteiger partial charge is 0.275 e. The number of hydrogen-bond donors (Lipinski definition) is 1. The standard InChI is InChI=1S/C7H6BrN3/c1-4-2-5-6(9-3-4)7(8)11-10-5/h2-3H,1H3,(H,10,11). The first kappa shape index (κ1) is 6.79. The maximum Gasteiger partial charge on any atom is 0.154 e. The van der Waals surface area contributed by atoms with Crippen molar-refractivity contribution in [2.24, 2.45) is 0 Å². The lowest BCUT2D eigenvalue weighted by atomic mass is 10.3. The quantitative estimate of drug-likeness (QED) is 0.725. The molecule has 2 aromatic rings. The van der Waals surface area contributed by atoms with Gasteiger partial charge in [-0.05, 0) is 34.5 Å². The molecular weight excluding hydrogens is 206 g/mol. The van der Waals surface area contributed by atoms with E-state index in [1.165, 1.54) is 0 Å². The summed E-state index contributed by atoms with van der Waals surface area (Å²) in [6.45, 7) is 2.00. The van der Waals surface area contributed by atoms with Gasteiger partial charge in [-0.25, -0.2) is 0 Å². The zero-order valence-electron chi connectivity index (χ0n) is 5.93. The van der Waals surface area contributed by atoms with Crippen molar-refractivity contribution in [3.63, 3.8) is 0 Å². The van der Waals surface area contributed by atoms with Gasteiger partial charge in [-0.3, -0.25) is 10.1 Å². The summed E-state index contributed by atoms with van der Waals surface area (Å²) in [5.74, 6) is 0. The molecule has 0 fully saturated rings. The Morgan fingerprint density at radius 3 is 3.18 bits per heavy atom. The number of halogens is 1. The first-order valence-electron chi connectivity index (χ1n) is 3.23. The molecule has 0 spiro atoms. The van der Waals surface area contributed by atoms with E-state index in [4.69, 9.17) is 0 Å². The highest BCUT2D eigenvalue weighted by molar-refractivity contribution is 9.10. The molecule has 4 heteroatoms. The number of nitrogens with one attached hydrogen (secondary N) is 1. The van der Waals surface area contributed by atoms with E-state index in [9.17, 15) is 0 Å². The van der Waals surface area contributed by atoms with Crippen LogP contribution in [0.25, 0.3) is 11.0 Å². The van der Waals surface area contributed by atoms with E-state index >= 15 is 0 Å². The van der Waals surface area contributed by atoms with Crippen molar-refractivity contribution in [3.8, 4) is 0 Å². The fourth-order valence-corrected chi connectivity index (χ4v) is 1.39. The third-order valence-corrected chi connectivity index (χ3v) is 2.05. The average Bonchev–Trinajstić information content (AvgIpc) is 2.32. The van der Waals surface area contributed by atoms with Crippen LogP contribution in [0.3, 0.4) is 0 Å². The van der Waals surface area contributed by atoms with E-state index in [1.807, 2.05) is 19.2 Å². The van der Waals surface area contributed by atoms with Gasteiger partial charge < -0.3 is 0 Å². The van der Waals surface area contributed by atoms with Crippen LogP contribution in [-0.4, -0.2) is 15.2 Å². The molecule has 2 aromatic heterocycles. The van der Waals surface area contributed by atoms with Gasteiger partial charge in [-0.15, -0.1) is 0 Å². The van der Waals surface area contributed by atoms with Gasteiger partial charge in [-0.2, -0.15) is 5.10 Å². The number of H-pyrrole nitrogens is 1. The molecule has 0 aromatic carbocycles. The van der Waals surface area contributed by atoms with Crippen LogP contribution in [0.5, 0.6) is 0 Å². The highest BCUT2D eigenvalue weighted by Gasteiger charge is 2.01. The molecule has 0 saturated carbocycles. The first-order valence-corrected chi connectivity index (χ1v) is 4.03. The molecule has 0 amide bonds. The van der Waals surface area contributed by atoms with E-state index in [0.29, 0.717) is 0 Å². The Bertz CT molecular complexity index is 393. The maximum atomic E-state index is 4.20. The van der Waals surface area contributed by atoms with Gasteiger partial charge in [0.15, 0.2) is 4.60 Å². The first-order chi connectivity index (χ1) is 5.27. The van der Waals surface area contributed by atoms with Crippen LogP contribution >= 0.6 is 15.9 Å².